The van der Waals surface area contributed by atoms with Gasteiger partial charge in [0.05, 0.1) is 11.4 Å². The number of H-pyrrole nitrogens is 1. The summed E-state index contributed by atoms with van der Waals surface area (Å²) in [6, 6.07) is 5.92. The van der Waals surface area contributed by atoms with Gasteiger partial charge in [-0.15, -0.1) is 10.2 Å². The van der Waals surface area contributed by atoms with Crippen molar-refractivity contribution in [3.8, 4) is 6.07 Å². The Morgan fingerprint density at radius 1 is 1.24 bits per heavy atom. The van der Waals surface area contributed by atoms with Crippen LogP contribution >= 0.6 is 0 Å². The average molecular weight is 337 g/mol. The number of aromatic nitrogens is 6. The van der Waals surface area contributed by atoms with E-state index in [2.05, 4.69) is 41.2 Å². The highest BCUT2D eigenvalue weighted by Crippen LogP contribution is 2.31. The Labute approximate surface area is 142 Å². The van der Waals surface area contributed by atoms with E-state index in [1.165, 1.54) is 25.5 Å². The van der Waals surface area contributed by atoms with Gasteiger partial charge in [-0.1, -0.05) is 0 Å². The van der Waals surface area contributed by atoms with Crippen LogP contribution in [0.25, 0.3) is 16.6 Å². The molecule has 0 aliphatic carbocycles. The summed E-state index contributed by atoms with van der Waals surface area (Å²) in [4.78, 5) is 2.30. The Morgan fingerprint density at radius 3 is 2.84 bits per heavy atom. The molecule has 1 aliphatic heterocycles. The van der Waals surface area contributed by atoms with Gasteiger partial charge in [0.1, 0.15) is 11.6 Å². The second-order valence-corrected chi connectivity index (χ2v) is 5.69. The molecule has 4 rings (SSSR count). The van der Waals surface area contributed by atoms with Crippen LogP contribution in [0.4, 0.5) is 11.4 Å². The zero-order chi connectivity index (χ0) is 17.1. The number of benzene rings is 1. The molecule has 1 fully saturated rings. The highest BCUT2D eigenvalue weighted by Gasteiger charge is 2.18. The Kier molecular flexibility index (Phi) is 3.96. The van der Waals surface area contributed by atoms with Crippen LogP contribution in [-0.2, 0) is 0 Å². The van der Waals surface area contributed by atoms with Crippen molar-refractivity contribution < 1.29 is 4.63 Å². The number of anilines is 2. The number of rotatable bonds is 4. The standard InChI is InChI=1S/C15H15N9O/c16-8-10(15-18-22-23-19-15)9-17-11-4-5-12(14-13(11)20-25-21-14)24-6-2-1-3-7-24/h4-5,9,17H,1-3,6-7H2,(H,18,19,22,23). The molecule has 0 atom stereocenters. The number of nitrogens with zero attached hydrogens (tertiary/aromatic N) is 7. The third-order valence-corrected chi connectivity index (χ3v) is 4.17. The molecule has 0 radical (unpaired) electrons. The molecule has 2 N–H and O–H groups in total. The van der Waals surface area contributed by atoms with Gasteiger partial charge in [-0.2, -0.15) is 10.5 Å². The largest absolute Gasteiger partial charge is 0.370 e. The maximum Gasteiger partial charge on any atom is 0.216 e. The van der Waals surface area contributed by atoms with E-state index in [0.29, 0.717) is 16.7 Å². The lowest BCUT2D eigenvalue weighted by Gasteiger charge is -2.28. The van der Waals surface area contributed by atoms with E-state index >= 15 is 0 Å². The molecule has 3 aromatic rings. The Hall–Kier alpha value is -3.48. The third kappa shape index (κ3) is 2.87. The van der Waals surface area contributed by atoms with Crippen LogP contribution in [0.1, 0.15) is 25.1 Å². The van der Waals surface area contributed by atoms with Gasteiger partial charge in [-0.3, -0.25) is 0 Å². The number of hydrogen-bond donors (Lipinski definition) is 2. The van der Waals surface area contributed by atoms with Gasteiger partial charge in [0, 0.05) is 19.3 Å². The van der Waals surface area contributed by atoms with Crippen LogP contribution in [0.5, 0.6) is 0 Å². The van der Waals surface area contributed by atoms with Crippen LogP contribution in [0.2, 0.25) is 0 Å². The minimum atomic E-state index is 0.217. The van der Waals surface area contributed by atoms with Crippen LogP contribution in [0.3, 0.4) is 0 Å². The molecule has 0 bridgehead atoms. The fourth-order valence-electron chi connectivity index (χ4n) is 2.93. The molecule has 3 heterocycles. The SMILES string of the molecule is N#CC(=CNc1ccc(N2CCCCC2)c2nonc12)c1nn[nH]n1. The molecule has 0 amide bonds. The first-order chi connectivity index (χ1) is 12.4. The summed E-state index contributed by atoms with van der Waals surface area (Å²) >= 11 is 0. The lowest BCUT2D eigenvalue weighted by Crippen LogP contribution is -2.29. The zero-order valence-electron chi connectivity index (χ0n) is 13.3. The third-order valence-electron chi connectivity index (χ3n) is 4.17. The van der Waals surface area contributed by atoms with E-state index in [9.17, 15) is 5.26 Å². The molecule has 1 aromatic carbocycles. The Morgan fingerprint density at radius 2 is 2.08 bits per heavy atom. The predicted octanol–water partition coefficient (Wildman–Crippen LogP) is 1.70. The van der Waals surface area contributed by atoms with Crippen LogP contribution < -0.4 is 10.2 Å². The molecule has 1 aliphatic rings. The van der Waals surface area contributed by atoms with E-state index in [1.807, 2.05) is 18.2 Å². The van der Waals surface area contributed by atoms with E-state index in [1.54, 1.807) is 0 Å². The number of nitriles is 1. The van der Waals surface area contributed by atoms with Gasteiger partial charge in [-0.05, 0) is 46.9 Å². The van der Waals surface area contributed by atoms with Crippen molar-refractivity contribution in [2.45, 2.75) is 19.3 Å². The number of fused-ring (bicyclic) bond motifs is 1. The topological polar surface area (TPSA) is 132 Å². The fourth-order valence-corrected chi connectivity index (χ4v) is 2.93. The number of tetrazole rings is 1. The zero-order valence-corrected chi connectivity index (χ0v) is 13.3. The predicted molar refractivity (Wildman–Crippen MR) is 89.3 cm³/mol. The van der Waals surface area contributed by atoms with Crippen LogP contribution in [0.15, 0.2) is 23.0 Å². The lowest BCUT2D eigenvalue weighted by molar-refractivity contribution is 0.315. The molecule has 0 unspecified atom stereocenters. The van der Waals surface area contributed by atoms with Gasteiger partial charge < -0.3 is 10.2 Å². The summed E-state index contributed by atoms with van der Waals surface area (Å²) in [6.45, 7) is 2.01. The average Bonchev–Trinajstić information content (AvgIpc) is 3.35. The minimum absolute atomic E-state index is 0.217. The molecule has 0 spiro atoms. The van der Waals surface area contributed by atoms with Gasteiger partial charge in [0.25, 0.3) is 0 Å². The summed E-state index contributed by atoms with van der Waals surface area (Å²) in [7, 11) is 0. The van der Waals surface area contributed by atoms with Crippen molar-refractivity contribution in [3.63, 3.8) is 0 Å². The number of hydrogen-bond acceptors (Lipinski definition) is 9. The first-order valence-corrected chi connectivity index (χ1v) is 7.97. The summed E-state index contributed by atoms with van der Waals surface area (Å²) in [5, 5.41) is 33.7. The Balaban J connectivity index is 1.65. The van der Waals surface area contributed by atoms with E-state index in [0.717, 1.165) is 18.8 Å². The monoisotopic (exact) mass is 337 g/mol. The van der Waals surface area contributed by atoms with Crippen molar-refractivity contribution in [1.29, 1.82) is 5.26 Å². The number of piperidine rings is 1. The van der Waals surface area contributed by atoms with Gasteiger partial charge >= 0.3 is 0 Å². The summed E-state index contributed by atoms with van der Waals surface area (Å²) in [6.07, 6.45) is 5.11. The van der Waals surface area contributed by atoms with Crippen molar-refractivity contribution in [1.82, 2.24) is 30.9 Å². The highest BCUT2D eigenvalue weighted by atomic mass is 16.6. The molecule has 0 saturated carbocycles. The Bertz CT molecular complexity index is 932. The highest BCUT2D eigenvalue weighted by molar-refractivity contribution is 5.97. The second kappa shape index (κ2) is 6.56. The van der Waals surface area contributed by atoms with Gasteiger partial charge in [0.15, 0.2) is 11.0 Å². The van der Waals surface area contributed by atoms with E-state index in [4.69, 9.17) is 4.63 Å². The summed E-state index contributed by atoms with van der Waals surface area (Å²) in [5.74, 6) is 0.217. The van der Waals surface area contributed by atoms with E-state index < -0.39 is 0 Å². The van der Waals surface area contributed by atoms with Crippen molar-refractivity contribution in [2.24, 2.45) is 0 Å². The van der Waals surface area contributed by atoms with Crippen LogP contribution in [0, 0.1) is 11.3 Å². The van der Waals surface area contributed by atoms with Crippen molar-refractivity contribution >= 4 is 28.0 Å². The first-order valence-electron chi connectivity index (χ1n) is 7.97. The number of nitrogens with one attached hydrogen (secondary N) is 2. The van der Waals surface area contributed by atoms with Gasteiger partial charge in [-0.25, -0.2) is 4.63 Å². The summed E-state index contributed by atoms with van der Waals surface area (Å²) < 4.78 is 4.95. The van der Waals surface area contributed by atoms with E-state index in [-0.39, 0.29) is 11.4 Å². The molecule has 2 aromatic heterocycles. The maximum atomic E-state index is 9.23. The molecule has 10 nitrogen and oxygen atoms in total. The fraction of sp³-hybridized carbons (Fsp3) is 0.333. The van der Waals surface area contributed by atoms with Crippen molar-refractivity contribution in [2.75, 3.05) is 23.3 Å². The van der Waals surface area contributed by atoms with Gasteiger partial charge in [0.2, 0.25) is 5.82 Å². The molecule has 25 heavy (non-hydrogen) atoms. The number of allylic oxidation sites excluding steroid dienone is 1. The lowest BCUT2D eigenvalue weighted by atomic mass is 10.1. The molecular formula is C15H15N9O. The quantitative estimate of drug-likeness (QED) is 0.682. The number of aromatic amines is 1. The second-order valence-electron chi connectivity index (χ2n) is 5.69. The molecular weight excluding hydrogens is 322 g/mol. The summed E-state index contributed by atoms with van der Waals surface area (Å²) in [5.41, 5.74) is 3.28. The maximum absolute atomic E-state index is 9.23. The minimum Gasteiger partial charge on any atom is -0.370 e. The smallest absolute Gasteiger partial charge is 0.216 e. The molecule has 126 valence electrons. The normalized spacial score (nSPS) is 15.3. The van der Waals surface area contributed by atoms with Crippen LogP contribution in [-0.4, -0.2) is 44.0 Å². The molecule has 10 heteroatoms. The van der Waals surface area contributed by atoms with Crippen molar-refractivity contribution in [3.05, 3.63) is 24.2 Å². The first kappa shape index (κ1) is 15.1. The molecule has 1 saturated heterocycles.